The largest absolute Gasteiger partial charge is 0.454 e. The highest BCUT2D eigenvalue weighted by Gasteiger charge is 2.20. The summed E-state index contributed by atoms with van der Waals surface area (Å²) in [6.07, 6.45) is 0. The van der Waals surface area contributed by atoms with E-state index in [0.717, 1.165) is 22.1 Å². The van der Waals surface area contributed by atoms with Crippen LogP contribution in [0.4, 0.5) is 0 Å². The van der Waals surface area contributed by atoms with Crippen LogP contribution in [-0.4, -0.2) is 4.40 Å². The zero-order valence-electron chi connectivity index (χ0n) is 17.2. The minimum absolute atomic E-state index is 0.936. The molecule has 0 bridgehead atoms. The van der Waals surface area contributed by atoms with E-state index >= 15 is 0 Å². The van der Waals surface area contributed by atoms with E-state index in [9.17, 15) is 0 Å². The van der Waals surface area contributed by atoms with Gasteiger partial charge in [-0.15, -0.1) is 0 Å². The Labute approximate surface area is 182 Å². The number of benzene rings is 5. The maximum Gasteiger partial charge on any atom is 0.161 e. The molecular formula is C30H17NO. The third-order valence-electron chi connectivity index (χ3n) is 6.92. The Morgan fingerprint density at radius 1 is 0.500 bits per heavy atom. The lowest BCUT2D eigenvalue weighted by molar-refractivity contribution is 0.673. The first kappa shape index (κ1) is 16.4. The predicted molar refractivity (Wildman–Crippen MR) is 135 cm³/mol. The third kappa shape index (κ3) is 1.91. The van der Waals surface area contributed by atoms with Gasteiger partial charge in [0.15, 0.2) is 5.58 Å². The minimum Gasteiger partial charge on any atom is -0.454 e. The van der Waals surface area contributed by atoms with Crippen LogP contribution in [0.15, 0.2) is 108 Å². The van der Waals surface area contributed by atoms with Gasteiger partial charge in [0.1, 0.15) is 11.1 Å². The number of fused-ring (bicyclic) bond motifs is 9. The lowest BCUT2D eigenvalue weighted by Gasteiger charge is -2.09. The fourth-order valence-corrected chi connectivity index (χ4v) is 5.57. The van der Waals surface area contributed by atoms with E-state index in [4.69, 9.17) is 4.42 Å². The average Bonchev–Trinajstić information content (AvgIpc) is 3.36. The molecule has 0 radical (unpaired) electrons. The molecule has 0 aliphatic heterocycles. The van der Waals surface area contributed by atoms with Crippen LogP contribution in [0.2, 0.25) is 0 Å². The molecule has 0 fully saturated rings. The molecule has 3 heterocycles. The van der Waals surface area contributed by atoms with Crippen molar-refractivity contribution in [3.63, 3.8) is 0 Å². The molecule has 0 saturated carbocycles. The topological polar surface area (TPSA) is 17.6 Å². The Balaban J connectivity index is 1.85. The van der Waals surface area contributed by atoms with Gasteiger partial charge in [-0.1, -0.05) is 78.9 Å². The van der Waals surface area contributed by atoms with E-state index in [0.29, 0.717) is 0 Å². The highest BCUT2D eigenvalue weighted by atomic mass is 16.3. The van der Waals surface area contributed by atoms with Crippen molar-refractivity contribution in [2.45, 2.75) is 0 Å². The summed E-state index contributed by atoms with van der Waals surface area (Å²) in [5, 5.41) is 9.75. The standard InChI is InChI=1S/C30H17NO/c1-2-9-19-17-26-24(16-18(19)8-1)30-29-28-23(13-7-15-27(28)32-30)21-11-4-3-10-20(21)22-12-5-6-14-25(22)31(26)29/h1-17H. The highest BCUT2D eigenvalue weighted by molar-refractivity contribution is 6.28. The van der Waals surface area contributed by atoms with Crippen LogP contribution >= 0.6 is 0 Å². The molecule has 8 rings (SSSR count). The van der Waals surface area contributed by atoms with Crippen molar-refractivity contribution in [2.24, 2.45) is 0 Å². The van der Waals surface area contributed by atoms with Gasteiger partial charge in [-0.25, -0.2) is 0 Å². The van der Waals surface area contributed by atoms with Crippen LogP contribution in [0.1, 0.15) is 0 Å². The monoisotopic (exact) mass is 407 g/mol. The number of rotatable bonds is 0. The summed E-state index contributed by atoms with van der Waals surface area (Å²) in [4.78, 5) is 0. The second kappa shape index (κ2) is 5.68. The van der Waals surface area contributed by atoms with Crippen molar-refractivity contribution < 1.29 is 4.42 Å². The minimum atomic E-state index is 0.936. The zero-order chi connectivity index (χ0) is 20.8. The lowest BCUT2D eigenvalue weighted by atomic mass is 10.0. The van der Waals surface area contributed by atoms with Crippen LogP contribution in [0, 0.1) is 0 Å². The Bertz CT molecular complexity index is 2040. The molecule has 0 aliphatic rings. The molecule has 3 aromatic heterocycles. The van der Waals surface area contributed by atoms with E-state index in [1.165, 1.54) is 48.7 Å². The van der Waals surface area contributed by atoms with Crippen LogP contribution in [0.3, 0.4) is 0 Å². The first-order valence-electron chi connectivity index (χ1n) is 11.0. The fourth-order valence-electron chi connectivity index (χ4n) is 5.57. The molecule has 0 unspecified atom stereocenters. The van der Waals surface area contributed by atoms with Crippen LogP contribution < -0.4 is 0 Å². The molecule has 0 amide bonds. The second-order valence-electron chi connectivity index (χ2n) is 8.57. The van der Waals surface area contributed by atoms with E-state index < -0.39 is 0 Å². The van der Waals surface area contributed by atoms with Gasteiger partial charge in [0.05, 0.1) is 16.4 Å². The zero-order valence-corrected chi connectivity index (χ0v) is 17.2. The molecule has 0 N–H and O–H groups in total. The van der Waals surface area contributed by atoms with Crippen molar-refractivity contribution in [3.8, 4) is 0 Å². The van der Waals surface area contributed by atoms with E-state index in [-0.39, 0.29) is 0 Å². The van der Waals surface area contributed by atoms with Gasteiger partial charge < -0.3 is 8.82 Å². The summed E-state index contributed by atoms with van der Waals surface area (Å²) in [5.41, 5.74) is 5.42. The van der Waals surface area contributed by atoms with Gasteiger partial charge in [0.2, 0.25) is 0 Å². The number of aromatic nitrogens is 1. The second-order valence-corrected chi connectivity index (χ2v) is 8.57. The average molecular weight is 407 g/mol. The van der Waals surface area contributed by atoms with Gasteiger partial charge >= 0.3 is 0 Å². The van der Waals surface area contributed by atoms with E-state index in [2.05, 4.69) is 108 Å². The molecule has 2 heteroatoms. The summed E-state index contributed by atoms with van der Waals surface area (Å²) in [7, 11) is 0. The van der Waals surface area contributed by atoms with Crippen LogP contribution in [0.25, 0.3) is 70.8 Å². The van der Waals surface area contributed by atoms with Crippen LogP contribution in [-0.2, 0) is 0 Å². The SMILES string of the molecule is c1ccc2cc3c(cc2c1)c1oc2cccc4c5ccccc5c5ccccc5n3c1c24. The van der Waals surface area contributed by atoms with Crippen molar-refractivity contribution in [1.29, 1.82) is 0 Å². The molecular weight excluding hydrogens is 390 g/mol. The molecule has 0 atom stereocenters. The molecule has 5 aromatic carbocycles. The number of furan rings is 1. The molecule has 2 nitrogen and oxygen atoms in total. The lowest BCUT2D eigenvalue weighted by Crippen LogP contribution is -1.89. The van der Waals surface area contributed by atoms with Crippen LogP contribution in [0.5, 0.6) is 0 Å². The van der Waals surface area contributed by atoms with Gasteiger partial charge in [-0.05, 0) is 51.2 Å². The maximum absolute atomic E-state index is 6.58. The van der Waals surface area contributed by atoms with Crippen molar-refractivity contribution in [2.75, 3.05) is 0 Å². The number of para-hydroxylation sites is 1. The molecule has 0 aliphatic carbocycles. The molecule has 148 valence electrons. The number of hydrogen-bond acceptors (Lipinski definition) is 1. The van der Waals surface area contributed by atoms with Gasteiger partial charge in [0, 0.05) is 10.8 Å². The molecule has 0 spiro atoms. The predicted octanol–water partition coefficient (Wildman–Crippen LogP) is 8.45. The molecule has 32 heavy (non-hydrogen) atoms. The summed E-state index contributed by atoms with van der Waals surface area (Å²) in [6.45, 7) is 0. The van der Waals surface area contributed by atoms with Crippen molar-refractivity contribution in [1.82, 2.24) is 4.40 Å². The highest BCUT2D eigenvalue weighted by Crippen LogP contribution is 2.43. The fraction of sp³-hybridized carbons (Fsp3) is 0. The smallest absolute Gasteiger partial charge is 0.161 e. The summed E-state index contributed by atoms with van der Waals surface area (Å²) >= 11 is 0. The Morgan fingerprint density at radius 3 is 2.00 bits per heavy atom. The van der Waals surface area contributed by atoms with Gasteiger partial charge in [0.25, 0.3) is 0 Å². The third-order valence-corrected chi connectivity index (χ3v) is 6.92. The quantitative estimate of drug-likeness (QED) is 0.246. The van der Waals surface area contributed by atoms with Crippen molar-refractivity contribution in [3.05, 3.63) is 103 Å². The number of nitrogens with zero attached hydrogens (tertiary/aromatic N) is 1. The maximum atomic E-state index is 6.58. The van der Waals surface area contributed by atoms with Crippen molar-refractivity contribution >= 4 is 70.8 Å². The normalized spacial score (nSPS) is 12.4. The Hall–Kier alpha value is -4.30. The van der Waals surface area contributed by atoms with E-state index in [1.54, 1.807) is 0 Å². The number of hydrogen-bond donors (Lipinski definition) is 0. The van der Waals surface area contributed by atoms with Gasteiger partial charge in [-0.3, -0.25) is 0 Å². The summed E-state index contributed by atoms with van der Waals surface area (Å²) < 4.78 is 8.99. The summed E-state index contributed by atoms with van der Waals surface area (Å²) in [6, 6.07) is 37.0. The van der Waals surface area contributed by atoms with E-state index in [1.807, 2.05) is 0 Å². The molecule has 0 saturated heterocycles. The Kier molecular flexibility index (Phi) is 2.91. The first-order chi connectivity index (χ1) is 15.9. The first-order valence-corrected chi connectivity index (χ1v) is 11.0. The summed E-state index contributed by atoms with van der Waals surface area (Å²) in [5.74, 6) is 0. The molecule has 8 aromatic rings. The van der Waals surface area contributed by atoms with Gasteiger partial charge in [-0.2, -0.15) is 0 Å². The Morgan fingerprint density at radius 2 is 1.16 bits per heavy atom.